The van der Waals surface area contributed by atoms with E-state index in [0.717, 1.165) is 35.8 Å². The van der Waals surface area contributed by atoms with Crippen molar-refractivity contribution >= 4 is 0 Å². The number of fused-ring (bicyclic) bond motifs is 1. The van der Waals surface area contributed by atoms with Crippen LogP contribution in [0.25, 0.3) is 0 Å². The molecule has 3 atom stereocenters. The van der Waals surface area contributed by atoms with Gasteiger partial charge in [0.2, 0.25) is 0 Å². The molecule has 1 aromatic rings. The zero-order valence-corrected chi connectivity index (χ0v) is 12.0. The molecule has 1 aromatic heterocycles. The first-order valence-corrected chi connectivity index (χ1v) is 7.87. The molecular formula is C17H25NO. The molecule has 0 radical (unpaired) electrons. The van der Waals surface area contributed by atoms with Gasteiger partial charge in [-0.15, -0.1) is 0 Å². The van der Waals surface area contributed by atoms with Crippen LogP contribution >= 0.6 is 0 Å². The average molecular weight is 259 g/mol. The molecule has 104 valence electrons. The molecule has 1 heterocycles. The van der Waals surface area contributed by atoms with Gasteiger partial charge in [-0.25, -0.2) is 0 Å². The number of ether oxygens (including phenoxy) is 1. The third-order valence-electron chi connectivity index (χ3n) is 5.08. The fraction of sp³-hybridized carbons (Fsp3) is 0.706. The molecule has 2 fully saturated rings. The van der Waals surface area contributed by atoms with Crippen LogP contribution in [-0.4, -0.2) is 11.6 Å². The molecule has 0 saturated heterocycles. The van der Waals surface area contributed by atoms with Crippen LogP contribution in [0.1, 0.15) is 50.6 Å². The van der Waals surface area contributed by atoms with Crippen LogP contribution in [0.2, 0.25) is 0 Å². The summed E-state index contributed by atoms with van der Waals surface area (Å²) in [5.41, 5.74) is 1.01. The topological polar surface area (TPSA) is 22.1 Å². The highest BCUT2D eigenvalue weighted by atomic mass is 16.5. The fourth-order valence-corrected chi connectivity index (χ4v) is 3.95. The number of nitrogens with zero attached hydrogens (tertiary/aromatic N) is 1. The maximum absolute atomic E-state index is 5.99. The first kappa shape index (κ1) is 13.0. The summed E-state index contributed by atoms with van der Waals surface area (Å²) in [6.07, 6.45) is 11.9. The second kappa shape index (κ2) is 5.94. The molecular weight excluding hydrogens is 234 g/mol. The standard InChI is InChI=1S/C17H25NO/c1-13-17(7-4-10-18-13)19-12-14-8-9-15-5-2-3-6-16(15)11-14/h4,7,10,14-16H,2-3,5-6,8-9,11-12H2,1H3. The van der Waals surface area contributed by atoms with Crippen LogP contribution in [0, 0.1) is 24.7 Å². The van der Waals surface area contributed by atoms with E-state index >= 15 is 0 Å². The van der Waals surface area contributed by atoms with Gasteiger partial charge in [-0.05, 0) is 56.1 Å². The number of aryl methyl sites for hydroxylation is 1. The normalized spacial score (nSPS) is 30.7. The van der Waals surface area contributed by atoms with Crippen molar-refractivity contribution in [3.63, 3.8) is 0 Å². The molecule has 0 bridgehead atoms. The van der Waals surface area contributed by atoms with Crippen molar-refractivity contribution in [1.82, 2.24) is 4.98 Å². The predicted molar refractivity (Wildman–Crippen MR) is 77.3 cm³/mol. The molecule has 0 aromatic carbocycles. The van der Waals surface area contributed by atoms with Gasteiger partial charge in [-0.1, -0.05) is 25.7 Å². The van der Waals surface area contributed by atoms with E-state index in [1.165, 1.54) is 44.9 Å². The van der Waals surface area contributed by atoms with E-state index in [-0.39, 0.29) is 0 Å². The van der Waals surface area contributed by atoms with Gasteiger partial charge in [0.1, 0.15) is 5.75 Å². The summed E-state index contributed by atoms with van der Waals surface area (Å²) in [5, 5.41) is 0. The first-order chi connectivity index (χ1) is 9.33. The second-order valence-corrected chi connectivity index (χ2v) is 6.38. The van der Waals surface area contributed by atoms with Crippen molar-refractivity contribution in [2.45, 2.75) is 51.9 Å². The molecule has 19 heavy (non-hydrogen) atoms. The van der Waals surface area contributed by atoms with Crippen molar-refractivity contribution < 1.29 is 4.74 Å². The molecule has 2 saturated carbocycles. The van der Waals surface area contributed by atoms with Crippen molar-refractivity contribution in [2.75, 3.05) is 6.61 Å². The summed E-state index contributed by atoms with van der Waals surface area (Å²) in [6.45, 7) is 2.91. The molecule has 3 unspecified atom stereocenters. The summed E-state index contributed by atoms with van der Waals surface area (Å²) in [5.74, 6) is 3.75. The largest absolute Gasteiger partial charge is 0.491 e. The lowest BCUT2D eigenvalue weighted by Gasteiger charge is -2.39. The summed E-state index contributed by atoms with van der Waals surface area (Å²) in [7, 11) is 0. The Morgan fingerprint density at radius 1 is 1.16 bits per heavy atom. The minimum atomic E-state index is 0.763. The minimum Gasteiger partial charge on any atom is -0.491 e. The van der Waals surface area contributed by atoms with E-state index in [1.807, 2.05) is 25.3 Å². The van der Waals surface area contributed by atoms with Gasteiger partial charge < -0.3 is 4.74 Å². The number of aromatic nitrogens is 1. The lowest BCUT2D eigenvalue weighted by molar-refractivity contribution is 0.0993. The van der Waals surface area contributed by atoms with Gasteiger partial charge in [-0.2, -0.15) is 0 Å². The molecule has 0 aliphatic heterocycles. The number of hydrogen-bond donors (Lipinski definition) is 0. The van der Waals surface area contributed by atoms with Crippen LogP contribution < -0.4 is 4.74 Å². The van der Waals surface area contributed by atoms with Crippen molar-refractivity contribution in [3.8, 4) is 5.75 Å². The molecule has 0 spiro atoms. The van der Waals surface area contributed by atoms with Gasteiger partial charge in [0.05, 0.1) is 12.3 Å². The monoisotopic (exact) mass is 259 g/mol. The Kier molecular flexibility index (Phi) is 4.05. The maximum Gasteiger partial charge on any atom is 0.140 e. The smallest absolute Gasteiger partial charge is 0.140 e. The van der Waals surface area contributed by atoms with E-state index in [9.17, 15) is 0 Å². The minimum absolute atomic E-state index is 0.763. The van der Waals surface area contributed by atoms with Crippen LogP contribution in [0.5, 0.6) is 5.75 Å². The number of hydrogen-bond acceptors (Lipinski definition) is 2. The molecule has 2 aliphatic carbocycles. The van der Waals surface area contributed by atoms with E-state index < -0.39 is 0 Å². The van der Waals surface area contributed by atoms with Crippen LogP contribution in [-0.2, 0) is 0 Å². The average Bonchev–Trinajstić information content (AvgIpc) is 2.46. The Balaban J connectivity index is 1.52. The predicted octanol–water partition coefficient (Wildman–Crippen LogP) is 4.38. The number of pyridine rings is 1. The Labute approximate surface area is 116 Å². The van der Waals surface area contributed by atoms with Gasteiger partial charge in [-0.3, -0.25) is 4.98 Å². The highest BCUT2D eigenvalue weighted by Crippen LogP contribution is 2.42. The summed E-state index contributed by atoms with van der Waals surface area (Å²) in [4.78, 5) is 4.28. The van der Waals surface area contributed by atoms with Gasteiger partial charge in [0, 0.05) is 6.20 Å². The summed E-state index contributed by atoms with van der Waals surface area (Å²) < 4.78 is 5.99. The molecule has 0 amide bonds. The molecule has 2 aliphatic rings. The molecule has 0 N–H and O–H groups in total. The van der Waals surface area contributed by atoms with Crippen LogP contribution in [0.3, 0.4) is 0 Å². The Morgan fingerprint density at radius 3 is 2.84 bits per heavy atom. The summed E-state index contributed by atoms with van der Waals surface area (Å²) in [6, 6.07) is 3.99. The number of rotatable bonds is 3. The molecule has 3 rings (SSSR count). The lowest BCUT2D eigenvalue weighted by atomic mass is 9.68. The Bertz CT molecular complexity index is 417. The Hall–Kier alpha value is -1.05. The van der Waals surface area contributed by atoms with Crippen molar-refractivity contribution in [1.29, 1.82) is 0 Å². The van der Waals surface area contributed by atoms with Gasteiger partial charge in [0.15, 0.2) is 0 Å². The molecule has 2 nitrogen and oxygen atoms in total. The fourth-order valence-electron chi connectivity index (χ4n) is 3.95. The quantitative estimate of drug-likeness (QED) is 0.804. The van der Waals surface area contributed by atoms with Crippen LogP contribution in [0.4, 0.5) is 0 Å². The third-order valence-corrected chi connectivity index (χ3v) is 5.08. The van der Waals surface area contributed by atoms with Gasteiger partial charge >= 0.3 is 0 Å². The first-order valence-electron chi connectivity index (χ1n) is 7.87. The Morgan fingerprint density at radius 2 is 2.00 bits per heavy atom. The van der Waals surface area contributed by atoms with E-state index in [4.69, 9.17) is 4.74 Å². The lowest BCUT2D eigenvalue weighted by Crippen LogP contribution is -2.30. The highest BCUT2D eigenvalue weighted by Gasteiger charge is 2.32. The van der Waals surface area contributed by atoms with Gasteiger partial charge in [0.25, 0.3) is 0 Å². The van der Waals surface area contributed by atoms with E-state index in [2.05, 4.69) is 4.98 Å². The highest BCUT2D eigenvalue weighted by molar-refractivity contribution is 5.25. The molecule has 2 heteroatoms. The second-order valence-electron chi connectivity index (χ2n) is 6.38. The third kappa shape index (κ3) is 3.10. The van der Waals surface area contributed by atoms with Crippen LogP contribution in [0.15, 0.2) is 18.3 Å². The SMILES string of the molecule is Cc1ncccc1OCC1CCC2CCCCC2C1. The summed E-state index contributed by atoms with van der Waals surface area (Å²) >= 11 is 0. The maximum atomic E-state index is 5.99. The zero-order chi connectivity index (χ0) is 13.1. The van der Waals surface area contributed by atoms with E-state index in [0.29, 0.717) is 0 Å². The van der Waals surface area contributed by atoms with Crippen molar-refractivity contribution in [3.05, 3.63) is 24.0 Å². The van der Waals surface area contributed by atoms with Crippen molar-refractivity contribution in [2.24, 2.45) is 17.8 Å². The van der Waals surface area contributed by atoms with E-state index in [1.54, 1.807) is 0 Å². The zero-order valence-electron chi connectivity index (χ0n) is 12.0.